The van der Waals surface area contributed by atoms with E-state index in [1.165, 1.54) is 16.9 Å². The number of carbonyl (C=O) groups is 1. The fourth-order valence-corrected chi connectivity index (χ4v) is 4.80. The molecule has 1 aliphatic rings. The number of thiazole rings is 1. The molecule has 0 aliphatic carbocycles. The van der Waals surface area contributed by atoms with Gasteiger partial charge in [0.25, 0.3) is 0 Å². The van der Waals surface area contributed by atoms with Crippen LogP contribution in [0.4, 0.5) is 0 Å². The molecule has 34 heavy (non-hydrogen) atoms. The van der Waals surface area contributed by atoms with Gasteiger partial charge in [-0.2, -0.15) is 4.98 Å². The zero-order chi connectivity index (χ0) is 23.5. The summed E-state index contributed by atoms with van der Waals surface area (Å²) in [6, 6.07) is 13.8. The van der Waals surface area contributed by atoms with Gasteiger partial charge in [-0.15, -0.1) is 11.3 Å². The molecule has 9 heteroatoms. The minimum Gasteiger partial charge on any atom is -0.340 e. The Morgan fingerprint density at radius 1 is 1.09 bits per heavy atom. The predicted molar refractivity (Wildman–Crippen MR) is 130 cm³/mol. The van der Waals surface area contributed by atoms with Crippen LogP contribution in [0, 0.1) is 6.92 Å². The standard InChI is InChI=1S/C25H26N6O2S/c1-17-6-8-19(9-7-17)23-28-24(33-29-23)18(2)30-11-13-31(14-12-30)22(32)15-20-16-34-25(27-20)21-5-3-4-10-26-21/h3-10,16,18H,11-15H2,1-2H3/t18-/m0/s1. The highest BCUT2D eigenvalue weighted by molar-refractivity contribution is 7.13. The van der Waals surface area contributed by atoms with Crippen LogP contribution in [0.2, 0.25) is 0 Å². The first-order valence-electron chi connectivity index (χ1n) is 11.3. The topological polar surface area (TPSA) is 88.3 Å². The van der Waals surface area contributed by atoms with Crippen molar-refractivity contribution >= 4 is 17.2 Å². The number of amides is 1. The molecule has 1 aromatic carbocycles. The van der Waals surface area contributed by atoms with Crippen molar-refractivity contribution in [2.45, 2.75) is 26.3 Å². The van der Waals surface area contributed by atoms with Gasteiger partial charge in [-0.1, -0.05) is 41.1 Å². The average molecular weight is 475 g/mol. The highest BCUT2D eigenvalue weighted by atomic mass is 32.1. The van der Waals surface area contributed by atoms with E-state index in [0.717, 1.165) is 35.0 Å². The summed E-state index contributed by atoms with van der Waals surface area (Å²) in [5.74, 6) is 1.30. The average Bonchev–Trinajstić information content (AvgIpc) is 3.55. The molecule has 0 N–H and O–H groups in total. The fourth-order valence-electron chi connectivity index (χ4n) is 4.00. The first-order valence-corrected chi connectivity index (χ1v) is 12.2. The molecule has 1 atom stereocenters. The van der Waals surface area contributed by atoms with Gasteiger partial charge in [0.2, 0.25) is 17.6 Å². The number of benzene rings is 1. The van der Waals surface area contributed by atoms with Crippen molar-refractivity contribution in [2.75, 3.05) is 26.2 Å². The molecule has 1 amide bonds. The molecular weight excluding hydrogens is 448 g/mol. The summed E-state index contributed by atoms with van der Waals surface area (Å²) in [5.41, 5.74) is 3.76. The van der Waals surface area contributed by atoms with Crippen LogP contribution < -0.4 is 0 Å². The van der Waals surface area contributed by atoms with E-state index in [1.807, 2.05) is 59.7 Å². The Morgan fingerprint density at radius 2 is 1.88 bits per heavy atom. The van der Waals surface area contributed by atoms with Crippen LogP contribution in [-0.2, 0) is 11.2 Å². The Hall–Kier alpha value is -3.43. The molecule has 0 saturated carbocycles. The van der Waals surface area contributed by atoms with Crippen LogP contribution in [0.1, 0.15) is 30.1 Å². The van der Waals surface area contributed by atoms with Gasteiger partial charge >= 0.3 is 0 Å². The maximum absolute atomic E-state index is 12.9. The van der Waals surface area contributed by atoms with E-state index in [4.69, 9.17) is 4.52 Å². The number of aromatic nitrogens is 4. The summed E-state index contributed by atoms with van der Waals surface area (Å²) in [4.78, 5) is 30.6. The van der Waals surface area contributed by atoms with Crippen molar-refractivity contribution in [3.63, 3.8) is 0 Å². The lowest BCUT2D eigenvalue weighted by molar-refractivity contribution is -0.132. The number of hydrogen-bond donors (Lipinski definition) is 0. The Kier molecular flexibility index (Phi) is 6.46. The normalized spacial score (nSPS) is 15.4. The van der Waals surface area contributed by atoms with Gasteiger partial charge in [0, 0.05) is 43.3 Å². The van der Waals surface area contributed by atoms with Crippen molar-refractivity contribution in [3.05, 3.63) is 71.2 Å². The number of rotatable bonds is 6. The Morgan fingerprint density at radius 3 is 2.62 bits per heavy atom. The molecular formula is C25H26N6O2S. The van der Waals surface area contributed by atoms with E-state index < -0.39 is 0 Å². The lowest BCUT2D eigenvalue weighted by Gasteiger charge is -2.36. The van der Waals surface area contributed by atoms with Crippen LogP contribution in [0.5, 0.6) is 0 Å². The monoisotopic (exact) mass is 474 g/mol. The molecule has 174 valence electrons. The van der Waals surface area contributed by atoms with Crippen molar-refractivity contribution < 1.29 is 9.32 Å². The maximum atomic E-state index is 12.9. The fraction of sp³-hybridized carbons (Fsp3) is 0.320. The van der Waals surface area contributed by atoms with Gasteiger partial charge in [-0.05, 0) is 26.0 Å². The number of hydrogen-bond acceptors (Lipinski definition) is 8. The quantitative estimate of drug-likeness (QED) is 0.417. The highest BCUT2D eigenvalue weighted by Crippen LogP contribution is 2.25. The van der Waals surface area contributed by atoms with E-state index in [-0.39, 0.29) is 11.9 Å². The third-order valence-electron chi connectivity index (χ3n) is 6.09. The summed E-state index contributed by atoms with van der Waals surface area (Å²) in [6.45, 7) is 6.96. The summed E-state index contributed by atoms with van der Waals surface area (Å²) >= 11 is 1.52. The van der Waals surface area contributed by atoms with Gasteiger partial charge in [-0.25, -0.2) is 4.98 Å². The number of aryl methyl sites for hydroxylation is 1. The summed E-state index contributed by atoms with van der Waals surface area (Å²) in [5, 5.41) is 6.94. The van der Waals surface area contributed by atoms with Gasteiger partial charge < -0.3 is 9.42 Å². The molecule has 8 nitrogen and oxygen atoms in total. The Labute approximate surface area is 202 Å². The number of carbonyl (C=O) groups excluding carboxylic acids is 1. The first-order chi connectivity index (χ1) is 16.6. The molecule has 0 bridgehead atoms. The van der Waals surface area contributed by atoms with Crippen LogP contribution in [0.3, 0.4) is 0 Å². The van der Waals surface area contributed by atoms with Crippen LogP contribution in [0.15, 0.2) is 58.6 Å². The van der Waals surface area contributed by atoms with E-state index in [2.05, 4.69) is 31.9 Å². The number of nitrogens with zero attached hydrogens (tertiary/aromatic N) is 6. The number of piperazine rings is 1. The molecule has 3 aromatic heterocycles. The molecule has 1 saturated heterocycles. The minimum atomic E-state index is -0.0107. The molecule has 4 heterocycles. The smallest absolute Gasteiger partial charge is 0.244 e. The van der Waals surface area contributed by atoms with E-state index >= 15 is 0 Å². The first kappa shape index (κ1) is 22.4. The summed E-state index contributed by atoms with van der Waals surface area (Å²) < 4.78 is 5.56. The minimum absolute atomic E-state index is 0.0107. The van der Waals surface area contributed by atoms with Crippen LogP contribution in [-0.4, -0.2) is 62.0 Å². The summed E-state index contributed by atoms with van der Waals surface area (Å²) in [7, 11) is 0. The van der Waals surface area contributed by atoms with E-state index in [9.17, 15) is 4.79 Å². The zero-order valence-corrected chi connectivity index (χ0v) is 20.0. The second kappa shape index (κ2) is 9.82. The van der Waals surface area contributed by atoms with Gasteiger partial charge in [0.05, 0.1) is 23.9 Å². The lowest BCUT2D eigenvalue weighted by atomic mass is 10.1. The molecule has 0 unspecified atom stereocenters. The molecule has 0 radical (unpaired) electrons. The molecule has 1 fully saturated rings. The molecule has 4 aromatic rings. The van der Waals surface area contributed by atoms with Crippen LogP contribution >= 0.6 is 11.3 Å². The predicted octanol–water partition coefficient (Wildman–Crippen LogP) is 4.01. The van der Waals surface area contributed by atoms with Crippen molar-refractivity contribution in [1.82, 2.24) is 29.9 Å². The zero-order valence-electron chi connectivity index (χ0n) is 19.2. The summed E-state index contributed by atoms with van der Waals surface area (Å²) in [6.07, 6.45) is 2.06. The number of pyridine rings is 1. The molecule has 1 aliphatic heterocycles. The maximum Gasteiger partial charge on any atom is 0.244 e. The van der Waals surface area contributed by atoms with E-state index in [1.54, 1.807) is 6.20 Å². The molecule has 5 rings (SSSR count). The van der Waals surface area contributed by atoms with Gasteiger partial charge in [-0.3, -0.25) is 14.7 Å². The van der Waals surface area contributed by atoms with E-state index in [0.29, 0.717) is 31.2 Å². The third kappa shape index (κ3) is 4.90. The molecule has 0 spiro atoms. The third-order valence-corrected chi connectivity index (χ3v) is 7.01. The Balaban J connectivity index is 1.15. The van der Waals surface area contributed by atoms with Crippen LogP contribution in [0.25, 0.3) is 22.1 Å². The lowest BCUT2D eigenvalue weighted by Crippen LogP contribution is -2.49. The van der Waals surface area contributed by atoms with Crippen molar-refractivity contribution in [2.24, 2.45) is 0 Å². The van der Waals surface area contributed by atoms with Gasteiger partial charge in [0.1, 0.15) is 5.01 Å². The SMILES string of the molecule is Cc1ccc(-c2noc([C@H](C)N3CCN(C(=O)Cc4csc(-c5ccccn5)n4)CC3)n2)cc1. The van der Waals surface area contributed by atoms with Gasteiger partial charge in [0.15, 0.2) is 0 Å². The second-order valence-corrected chi connectivity index (χ2v) is 9.31. The largest absolute Gasteiger partial charge is 0.340 e. The highest BCUT2D eigenvalue weighted by Gasteiger charge is 2.28. The Bertz CT molecular complexity index is 1250. The second-order valence-electron chi connectivity index (χ2n) is 8.45. The van der Waals surface area contributed by atoms with Crippen molar-refractivity contribution in [3.8, 4) is 22.1 Å². The van der Waals surface area contributed by atoms with Crippen molar-refractivity contribution in [1.29, 1.82) is 0 Å².